The van der Waals surface area contributed by atoms with Crippen molar-refractivity contribution in [1.82, 2.24) is 10.2 Å². The molecule has 1 aliphatic heterocycles. The SMILES string of the molecule is COc1ccc(C2(C)NC(=O)N(CCSc3ccc(Cl)cc3)C2=O)cc1OC. The van der Waals surface area contributed by atoms with Gasteiger partial charge >= 0.3 is 6.03 Å². The van der Waals surface area contributed by atoms with Crippen molar-refractivity contribution in [3.05, 3.63) is 53.1 Å². The fraction of sp³-hybridized carbons (Fsp3) is 0.300. The van der Waals surface area contributed by atoms with Gasteiger partial charge in [0.25, 0.3) is 5.91 Å². The molecular formula is C20H21ClN2O4S. The van der Waals surface area contributed by atoms with Gasteiger partial charge in [-0.15, -0.1) is 11.8 Å². The summed E-state index contributed by atoms with van der Waals surface area (Å²) in [5.41, 5.74) is -0.516. The summed E-state index contributed by atoms with van der Waals surface area (Å²) in [6, 6.07) is 12.2. The van der Waals surface area contributed by atoms with Gasteiger partial charge in [0.1, 0.15) is 5.54 Å². The molecule has 1 N–H and O–H groups in total. The van der Waals surface area contributed by atoms with Crippen molar-refractivity contribution < 1.29 is 19.1 Å². The zero-order valence-electron chi connectivity index (χ0n) is 15.8. The summed E-state index contributed by atoms with van der Waals surface area (Å²) in [6.45, 7) is 2.00. The van der Waals surface area contributed by atoms with Crippen LogP contribution >= 0.6 is 23.4 Å². The average molecular weight is 421 g/mol. The lowest BCUT2D eigenvalue weighted by Crippen LogP contribution is -2.41. The van der Waals surface area contributed by atoms with Crippen LogP contribution in [0.15, 0.2) is 47.4 Å². The van der Waals surface area contributed by atoms with Crippen LogP contribution in [0.4, 0.5) is 4.79 Å². The molecule has 0 spiro atoms. The molecule has 2 aromatic rings. The van der Waals surface area contributed by atoms with Gasteiger partial charge in [-0.1, -0.05) is 17.7 Å². The Labute approximate surface area is 173 Å². The summed E-state index contributed by atoms with van der Waals surface area (Å²) in [5, 5.41) is 3.48. The summed E-state index contributed by atoms with van der Waals surface area (Å²) in [6.07, 6.45) is 0. The maximum atomic E-state index is 13.0. The predicted molar refractivity (Wildman–Crippen MR) is 109 cm³/mol. The molecule has 0 bridgehead atoms. The van der Waals surface area contributed by atoms with E-state index in [2.05, 4.69) is 5.32 Å². The number of hydrogen-bond donors (Lipinski definition) is 1. The summed E-state index contributed by atoms with van der Waals surface area (Å²) in [5.74, 6) is 1.35. The molecule has 3 amide bonds. The lowest BCUT2D eigenvalue weighted by molar-refractivity contribution is -0.130. The van der Waals surface area contributed by atoms with Gasteiger partial charge < -0.3 is 14.8 Å². The van der Waals surface area contributed by atoms with Crippen LogP contribution in [0, 0.1) is 0 Å². The molecule has 1 saturated heterocycles. The summed E-state index contributed by atoms with van der Waals surface area (Å²) < 4.78 is 10.6. The second kappa shape index (κ2) is 8.32. The minimum absolute atomic E-state index is 0.290. The Morgan fingerprint density at radius 3 is 2.39 bits per heavy atom. The number of carbonyl (C=O) groups is 2. The fourth-order valence-electron chi connectivity index (χ4n) is 3.03. The highest BCUT2D eigenvalue weighted by atomic mass is 35.5. The van der Waals surface area contributed by atoms with Gasteiger partial charge in [-0.05, 0) is 48.9 Å². The first-order valence-electron chi connectivity index (χ1n) is 8.64. The number of nitrogens with zero attached hydrogens (tertiary/aromatic N) is 1. The van der Waals surface area contributed by atoms with Gasteiger partial charge in [0, 0.05) is 22.2 Å². The third-order valence-electron chi connectivity index (χ3n) is 4.63. The number of ether oxygens (including phenoxy) is 2. The maximum absolute atomic E-state index is 13.0. The first kappa shape index (κ1) is 20.4. The van der Waals surface area contributed by atoms with Crippen molar-refractivity contribution in [1.29, 1.82) is 0 Å². The highest BCUT2D eigenvalue weighted by Gasteiger charge is 2.49. The zero-order chi connectivity index (χ0) is 20.3. The highest BCUT2D eigenvalue weighted by Crippen LogP contribution is 2.35. The minimum Gasteiger partial charge on any atom is -0.493 e. The van der Waals surface area contributed by atoms with Crippen molar-refractivity contribution in [3.8, 4) is 11.5 Å². The highest BCUT2D eigenvalue weighted by molar-refractivity contribution is 7.99. The third kappa shape index (κ3) is 3.91. The number of hydrogen-bond acceptors (Lipinski definition) is 5. The lowest BCUT2D eigenvalue weighted by atomic mass is 9.91. The summed E-state index contributed by atoms with van der Waals surface area (Å²) >= 11 is 7.44. The van der Waals surface area contributed by atoms with Gasteiger partial charge in [0.05, 0.1) is 14.2 Å². The molecular weight excluding hydrogens is 400 g/mol. The topological polar surface area (TPSA) is 67.9 Å². The normalized spacial score (nSPS) is 18.9. The van der Waals surface area contributed by atoms with Crippen LogP contribution in [0.5, 0.6) is 11.5 Å². The Morgan fingerprint density at radius 2 is 1.75 bits per heavy atom. The van der Waals surface area contributed by atoms with Crippen LogP contribution in [-0.2, 0) is 10.3 Å². The Bertz CT molecular complexity index is 890. The number of methoxy groups -OCH3 is 2. The molecule has 0 radical (unpaired) electrons. The number of halogens is 1. The number of urea groups is 1. The summed E-state index contributed by atoms with van der Waals surface area (Å²) in [4.78, 5) is 27.7. The van der Waals surface area contributed by atoms with E-state index in [-0.39, 0.29) is 5.91 Å². The second-order valence-electron chi connectivity index (χ2n) is 6.38. The molecule has 0 aliphatic carbocycles. The van der Waals surface area contributed by atoms with E-state index in [0.29, 0.717) is 34.4 Å². The number of amides is 3. The van der Waals surface area contributed by atoms with E-state index >= 15 is 0 Å². The number of benzene rings is 2. The molecule has 1 atom stereocenters. The van der Waals surface area contributed by atoms with Crippen LogP contribution in [0.25, 0.3) is 0 Å². The Hall–Kier alpha value is -2.38. The quantitative estimate of drug-likeness (QED) is 0.543. The number of nitrogens with one attached hydrogen (secondary N) is 1. The Balaban J connectivity index is 1.72. The Kier molecular flexibility index (Phi) is 6.05. The number of imide groups is 1. The molecule has 1 unspecified atom stereocenters. The molecule has 2 aromatic carbocycles. The summed E-state index contributed by atoms with van der Waals surface area (Å²) in [7, 11) is 3.07. The second-order valence-corrected chi connectivity index (χ2v) is 7.99. The van der Waals surface area contributed by atoms with Gasteiger partial charge in [0.15, 0.2) is 11.5 Å². The maximum Gasteiger partial charge on any atom is 0.325 e. The monoisotopic (exact) mass is 420 g/mol. The third-order valence-corrected chi connectivity index (χ3v) is 5.88. The van der Waals surface area contributed by atoms with Crippen molar-refractivity contribution in [3.63, 3.8) is 0 Å². The van der Waals surface area contributed by atoms with Crippen LogP contribution in [0.1, 0.15) is 12.5 Å². The van der Waals surface area contributed by atoms with E-state index in [1.54, 1.807) is 44.0 Å². The molecule has 3 rings (SSSR count). The van der Waals surface area contributed by atoms with Gasteiger partial charge in [-0.3, -0.25) is 9.69 Å². The fourth-order valence-corrected chi connectivity index (χ4v) is 3.99. The van der Waals surface area contributed by atoms with Gasteiger partial charge in [0.2, 0.25) is 0 Å². The molecule has 8 heteroatoms. The molecule has 0 aromatic heterocycles. The lowest BCUT2D eigenvalue weighted by Gasteiger charge is -2.23. The van der Waals surface area contributed by atoms with Gasteiger partial charge in [-0.25, -0.2) is 4.79 Å². The first-order valence-corrected chi connectivity index (χ1v) is 10.0. The number of thioether (sulfide) groups is 1. The van der Waals surface area contributed by atoms with Crippen molar-refractivity contribution in [2.75, 3.05) is 26.5 Å². The predicted octanol–water partition coefficient (Wildman–Crippen LogP) is 3.92. The number of carbonyl (C=O) groups excluding carboxylic acids is 2. The average Bonchev–Trinajstić information content (AvgIpc) is 2.92. The van der Waals surface area contributed by atoms with Crippen molar-refractivity contribution in [2.24, 2.45) is 0 Å². The molecule has 28 heavy (non-hydrogen) atoms. The standard InChI is InChI=1S/C20H21ClN2O4S/c1-20(13-4-9-16(26-2)17(12-13)27-3)18(24)23(19(25)22-20)10-11-28-15-7-5-14(21)6-8-15/h4-9,12H,10-11H2,1-3H3,(H,22,25). The molecule has 0 saturated carbocycles. The van der Waals surface area contributed by atoms with Crippen molar-refractivity contribution in [2.45, 2.75) is 17.4 Å². The van der Waals surface area contributed by atoms with E-state index in [1.165, 1.54) is 12.0 Å². The Morgan fingerprint density at radius 1 is 1.07 bits per heavy atom. The smallest absolute Gasteiger partial charge is 0.325 e. The minimum atomic E-state index is -1.15. The van der Waals surface area contributed by atoms with Crippen LogP contribution < -0.4 is 14.8 Å². The van der Waals surface area contributed by atoms with Crippen LogP contribution in [0.2, 0.25) is 5.02 Å². The van der Waals surface area contributed by atoms with E-state index in [1.807, 2.05) is 24.3 Å². The molecule has 148 valence electrons. The van der Waals surface area contributed by atoms with E-state index in [9.17, 15) is 9.59 Å². The largest absolute Gasteiger partial charge is 0.493 e. The van der Waals surface area contributed by atoms with Crippen LogP contribution in [0.3, 0.4) is 0 Å². The van der Waals surface area contributed by atoms with E-state index < -0.39 is 11.6 Å². The van der Waals surface area contributed by atoms with E-state index in [4.69, 9.17) is 21.1 Å². The van der Waals surface area contributed by atoms with Gasteiger partial charge in [-0.2, -0.15) is 0 Å². The van der Waals surface area contributed by atoms with Crippen LogP contribution in [-0.4, -0.2) is 43.4 Å². The number of rotatable bonds is 7. The molecule has 6 nitrogen and oxygen atoms in total. The zero-order valence-corrected chi connectivity index (χ0v) is 17.4. The van der Waals surface area contributed by atoms with Crippen molar-refractivity contribution >= 4 is 35.3 Å². The molecule has 1 heterocycles. The molecule has 1 fully saturated rings. The molecule has 1 aliphatic rings. The first-order chi connectivity index (χ1) is 13.4. The van der Waals surface area contributed by atoms with E-state index in [0.717, 1.165) is 4.90 Å².